The molecule has 20 heavy (non-hydrogen) atoms. The number of hydrogen-bond acceptors (Lipinski definition) is 5. The molecule has 5 nitrogen and oxygen atoms in total. The molecule has 106 valence electrons. The van der Waals surface area contributed by atoms with Crippen LogP contribution < -0.4 is 10.1 Å². The van der Waals surface area contributed by atoms with E-state index < -0.39 is 0 Å². The first-order valence-electron chi connectivity index (χ1n) is 6.98. The molecule has 0 bridgehead atoms. The summed E-state index contributed by atoms with van der Waals surface area (Å²) in [6.07, 6.45) is 2.21. The van der Waals surface area contributed by atoms with Crippen molar-refractivity contribution in [1.29, 1.82) is 0 Å². The Morgan fingerprint density at radius 1 is 1.30 bits per heavy atom. The van der Waals surface area contributed by atoms with E-state index in [0.717, 1.165) is 25.1 Å². The van der Waals surface area contributed by atoms with Gasteiger partial charge in [-0.05, 0) is 56.5 Å². The zero-order valence-corrected chi connectivity index (χ0v) is 11.8. The van der Waals surface area contributed by atoms with Crippen LogP contribution in [0.2, 0.25) is 0 Å². The van der Waals surface area contributed by atoms with Crippen molar-refractivity contribution in [2.24, 2.45) is 0 Å². The minimum Gasteiger partial charge on any atom is -0.484 e. The van der Waals surface area contributed by atoms with Gasteiger partial charge in [0.05, 0.1) is 6.04 Å². The van der Waals surface area contributed by atoms with Crippen molar-refractivity contribution in [3.63, 3.8) is 0 Å². The highest BCUT2D eigenvalue weighted by Gasteiger charge is 2.22. The van der Waals surface area contributed by atoms with E-state index in [4.69, 9.17) is 9.15 Å². The van der Waals surface area contributed by atoms with Crippen LogP contribution in [-0.4, -0.2) is 16.7 Å². The number of benzene rings is 1. The first kappa shape index (κ1) is 13.1. The average molecular weight is 273 g/mol. The topological polar surface area (TPSA) is 60.2 Å². The van der Waals surface area contributed by atoms with Gasteiger partial charge in [0.2, 0.25) is 5.89 Å². The molecule has 0 radical (unpaired) electrons. The first-order valence-corrected chi connectivity index (χ1v) is 6.98. The molecule has 0 amide bonds. The molecule has 0 aliphatic carbocycles. The molecule has 1 fully saturated rings. The SMILES string of the molecule is Cc1ccc(OCc2nnc(C3CCCN3)o2)cc1C. The maximum Gasteiger partial charge on any atom is 0.253 e. The summed E-state index contributed by atoms with van der Waals surface area (Å²) in [5.41, 5.74) is 2.47. The Hall–Kier alpha value is -1.88. The lowest BCUT2D eigenvalue weighted by Gasteiger charge is -2.06. The van der Waals surface area contributed by atoms with Crippen LogP contribution in [0.1, 0.15) is 41.8 Å². The number of aryl methyl sites for hydroxylation is 2. The molecule has 1 aliphatic heterocycles. The maximum atomic E-state index is 5.69. The molecule has 2 aromatic rings. The Morgan fingerprint density at radius 2 is 2.20 bits per heavy atom. The van der Waals surface area contributed by atoms with E-state index in [-0.39, 0.29) is 6.04 Å². The van der Waals surface area contributed by atoms with Crippen LogP contribution in [-0.2, 0) is 6.61 Å². The highest BCUT2D eigenvalue weighted by molar-refractivity contribution is 5.33. The zero-order chi connectivity index (χ0) is 13.9. The van der Waals surface area contributed by atoms with Crippen molar-refractivity contribution in [2.75, 3.05) is 6.54 Å². The van der Waals surface area contributed by atoms with Crippen LogP contribution >= 0.6 is 0 Å². The van der Waals surface area contributed by atoms with E-state index in [1.54, 1.807) is 0 Å². The van der Waals surface area contributed by atoms with Gasteiger partial charge in [-0.25, -0.2) is 0 Å². The zero-order valence-electron chi connectivity index (χ0n) is 11.8. The fourth-order valence-electron chi connectivity index (χ4n) is 2.31. The van der Waals surface area contributed by atoms with Crippen molar-refractivity contribution in [2.45, 2.75) is 39.3 Å². The van der Waals surface area contributed by atoms with E-state index in [2.05, 4.69) is 29.4 Å². The van der Waals surface area contributed by atoms with Crippen LogP contribution in [0, 0.1) is 13.8 Å². The molecule has 2 heterocycles. The number of hydrogen-bond donors (Lipinski definition) is 1. The van der Waals surface area contributed by atoms with Crippen LogP contribution in [0.4, 0.5) is 0 Å². The molecular weight excluding hydrogens is 254 g/mol. The Bertz CT molecular complexity index is 589. The number of nitrogens with zero attached hydrogens (tertiary/aromatic N) is 2. The van der Waals surface area contributed by atoms with Crippen molar-refractivity contribution in [1.82, 2.24) is 15.5 Å². The van der Waals surface area contributed by atoms with E-state index in [0.29, 0.717) is 18.4 Å². The summed E-state index contributed by atoms with van der Waals surface area (Å²) in [4.78, 5) is 0. The largest absolute Gasteiger partial charge is 0.484 e. The van der Waals surface area contributed by atoms with Crippen molar-refractivity contribution >= 4 is 0 Å². The van der Waals surface area contributed by atoms with Crippen molar-refractivity contribution in [3.8, 4) is 5.75 Å². The molecule has 1 aliphatic rings. The van der Waals surface area contributed by atoms with Gasteiger partial charge in [-0.2, -0.15) is 0 Å². The fraction of sp³-hybridized carbons (Fsp3) is 0.467. The monoisotopic (exact) mass is 273 g/mol. The Morgan fingerprint density at radius 3 is 2.95 bits per heavy atom. The van der Waals surface area contributed by atoms with Gasteiger partial charge in [-0.3, -0.25) is 0 Å². The summed E-state index contributed by atoms with van der Waals surface area (Å²) in [5.74, 6) is 2.01. The standard InChI is InChI=1S/C15H19N3O2/c1-10-5-6-12(8-11(10)2)19-9-14-17-18-15(20-14)13-4-3-7-16-13/h5-6,8,13,16H,3-4,7,9H2,1-2H3. The van der Waals surface area contributed by atoms with Crippen LogP contribution in [0.5, 0.6) is 5.75 Å². The molecule has 5 heteroatoms. The van der Waals surface area contributed by atoms with Gasteiger partial charge in [-0.1, -0.05) is 6.07 Å². The van der Waals surface area contributed by atoms with E-state index >= 15 is 0 Å². The maximum absolute atomic E-state index is 5.69. The van der Waals surface area contributed by atoms with E-state index in [1.165, 1.54) is 11.1 Å². The number of aromatic nitrogens is 2. The fourth-order valence-corrected chi connectivity index (χ4v) is 2.31. The second-order valence-electron chi connectivity index (χ2n) is 5.22. The molecule has 1 N–H and O–H groups in total. The van der Waals surface area contributed by atoms with Gasteiger partial charge in [0, 0.05) is 0 Å². The minimum atomic E-state index is 0.206. The highest BCUT2D eigenvalue weighted by atomic mass is 16.5. The summed E-state index contributed by atoms with van der Waals surface area (Å²) in [5, 5.41) is 11.5. The number of nitrogens with one attached hydrogen (secondary N) is 1. The summed E-state index contributed by atoms with van der Waals surface area (Å²) in [7, 11) is 0. The van der Waals surface area contributed by atoms with Gasteiger partial charge in [0.25, 0.3) is 5.89 Å². The van der Waals surface area contributed by atoms with Gasteiger partial charge in [0.1, 0.15) is 5.75 Å². The molecule has 0 spiro atoms. The predicted octanol–water partition coefficient (Wildman–Crippen LogP) is 2.69. The van der Waals surface area contributed by atoms with Crippen molar-refractivity contribution in [3.05, 3.63) is 41.1 Å². The van der Waals surface area contributed by atoms with Gasteiger partial charge in [-0.15, -0.1) is 10.2 Å². The molecule has 1 unspecified atom stereocenters. The molecule has 1 aromatic carbocycles. The van der Waals surface area contributed by atoms with Gasteiger partial charge in [0.15, 0.2) is 6.61 Å². The van der Waals surface area contributed by atoms with Crippen molar-refractivity contribution < 1.29 is 9.15 Å². The smallest absolute Gasteiger partial charge is 0.253 e. The summed E-state index contributed by atoms with van der Waals surface area (Å²) >= 11 is 0. The first-order chi connectivity index (χ1) is 9.72. The quantitative estimate of drug-likeness (QED) is 0.928. The third kappa shape index (κ3) is 2.82. The lowest BCUT2D eigenvalue weighted by molar-refractivity contribution is 0.255. The van der Waals surface area contributed by atoms with Crippen LogP contribution in [0.25, 0.3) is 0 Å². The molecular formula is C15H19N3O2. The summed E-state index contributed by atoms with van der Waals surface area (Å²) in [6, 6.07) is 6.23. The molecule has 0 saturated carbocycles. The third-order valence-electron chi connectivity index (χ3n) is 3.68. The Kier molecular flexibility index (Phi) is 3.69. The van der Waals surface area contributed by atoms with Gasteiger partial charge >= 0.3 is 0 Å². The predicted molar refractivity (Wildman–Crippen MR) is 74.5 cm³/mol. The van der Waals surface area contributed by atoms with E-state index in [9.17, 15) is 0 Å². The normalized spacial score (nSPS) is 18.4. The lowest BCUT2D eigenvalue weighted by atomic mass is 10.1. The minimum absolute atomic E-state index is 0.206. The molecule has 1 atom stereocenters. The van der Waals surface area contributed by atoms with E-state index in [1.807, 2.05) is 18.2 Å². The lowest BCUT2D eigenvalue weighted by Crippen LogP contribution is -2.12. The third-order valence-corrected chi connectivity index (χ3v) is 3.68. The Balaban J connectivity index is 1.61. The number of ether oxygens (including phenoxy) is 1. The Labute approximate surface area is 118 Å². The summed E-state index contributed by atoms with van der Waals surface area (Å²) < 4.78 is 11.3. The second-order valence-corrected chi connectivity index (χ2v) is 5.22. The van der Waals surface area contributed by atoms with Crippen LogP contribution in [0.3, 0.4) is 0 Å². The van der Waals surface area contributed by atoms with Gasteiger partial charge < -0.3 is 14.5 Å². The summed E-state index contributed by atoms with van der Waals surface area (Å²) in [6.45, 7) is 5.47. The molecule has 3 rings (SSSR count). The molecule has 1 saturated heterocycles. The second kappa shape index (κ2) is 5.63. The highest BCUT2D eigenvalue weighted by Crippen LogP contribution is 2.22. The van der Waals surface area contributed by atoms with Crippen LogP contribution in [0.15, 0.2) is 22.6 Å². The number of rotatable bonds is 4. The molecule has 1 aromatic heterocycles. The average Bonchev–Trinajstić information content (AvgIpc) is 3.09.